The summed E-state index contributed by atoms with van der Waals surface area (Å²) in [7, 11) is 0. The summed E-state index contributed by atoms with van der Waals surface area (Å²) in [6, 6.07) is 9.99. The maximum absolute atomic E-state index is 12.5. The van der Waals surface area contributed by atoms with Crippen molar-refractivity contribution in [1.82, 2.24) is 15.3 Å². The van der Waals surface area contributed by atoms with E-state index in [1.807, 2.05) is 52.0 Å². The van der Waals surface area contributed by atoms with Gasteiger partial charge in [-0.3, -0.25) is 0 Å². The van der Waals surface area contributed by atoms with Crippen molar-refractivity contribution in [3.8, 4) is 6.07 Å². The minimum Gasteiger partial charge on any atom is -0.444 e. The number of alkyl carbamates (subject to hydrolysis) is 1. The van der Waals surface area contributed by atoms with E-state index < -0.39 is 5.60 Å². The molecule has 1 aromatic carbocycles. The number of nitrogens with zero attached hydrogens (tertiary/aromatic N) is 3. The second kappa shape index (κ2) is 10.3. The van der Waals surface area contributed by atoms with Crippen LogP contribution >= 0.6 is 11.6 Å². The van der Waals surface area contributed by atoms with Gasteiger partial charge in [0.05, 0.1) is 12.2 Å². The molecule has 4 fully saturated rings. The predicted octanol–water partition coefficient (Wildman–Crippen LogP) is 6.31. The Kier molecular flexibility index (Phi) is 7.17. The van der Waals surface area contributed by atoms with E-state index in [-0.39, 0.29) is 23.6 Å². The highest BCUT2D eigenvalue weighted by molar-refractivity contribution is 6.31. The molecule has 4 aliphatic rings. The van der Waals surface area contributed by atoms with Crippen LogP contribution < -0.4 is 16.0 Å². The number of hydrogen-bond donors (Lipinski definition) is 3. The molecule has 0 radical (unpaired) electrons. The fourth-order valence-corrected chi connectivity index (χ4v) is 7.42. The van der Waals surface area contributed by atoms with Crippen LogP contribution in [0.1, 0.15) is 77.0 Å². The minimum absolute atomic E-state index is 0.0953. The Morgan fingerprint density at radius 1 is 1.24 bits per heavy atom. The normalized spacial score (nSPS) is 28.3. The summed E-state index contributed by atoms with van der Waals surface area (Å²) in [6.45, 7) is 8.44. The molecule has 4 saturated carbocycles. The molecule has 38 heavy (non-hydrogen) atoms. The molecule has 4 unspecified atom stereocenters. The standard InChI is InChI=1S/C29H37ClN6O2/c1-17(22-7-5-6-8-23(22)30)34-26-32-15-21(14-31)25(36-26)33-16-29-11-18-9-19(12-29)24(20(10-18)13-29)35-27(37)38-28(2,3)4/h5-8,15,17-20,24H,9-13,16H2,1-4H3,(H,35,37)(H2,32,33,34,36)/t17?,18?,19-,20+,24?,29?. The highest BCUT2D eigenvalue weighted by Crippen LogP contribution is 2.60. The van der Waals surface area contributed by atoms with Gasteiger partial charge >= 0.3 is 6.09 Å². The van der Waals surface area contributed by atoms with Crippen LogP contribution in [0.2, 0.25) is 5.02 Å². The van der Waals surface area contributed by atoms with Crippen molar-refractivity contribution in [3.05, 3.63) is 46.6 Å². The van der Waals surface area contributed by atoms with E-state index >= 15 is 0 Å². The van der Waals surface area contributed by atoms with Gasteiger partial charge in [0, 0.05) is 17.6 Å². The molecular weight excluding hydrogens is 500 g/mol. The summed E-state index contributed by atoms with van der Waals surface area (Å²) < 4.78 is 5.55. The molecular formula is C29H37ClN6O2. The monoisotopic (exact) mass is 536 g/mol. The molecule has 0 saturated heterocycles. The van der Waals surface area contributed by atoms with Gasteiger partial charge in [-0.25, -0.2) is 9.78 Å². The Bertz CT molecular complexity index is 1220. The lowest BCUT2D eigenvalue weighted by Crippen LogP contribution is -2.60. The van der Waals surface area contributed by atoms with E-state index in [0.29, 0.717) is 40.1 Å². The van der Waals surface area contributed by atoms with Crippen LogP contribution in [0.3, 0.4) is 0 Å². The van der Waals surface area contributed by atoms with Crippen molar-refractivity contribution in [2.24, 2.45) is 23.2 Å². The Morgan fingerprint density at radius 2 is 1.95 bits per heavy atom. The third kappa shape index (κ3) is 5.68. The largest absolute Gasteiger partial charge is 0.444 e. The lowest BCUT2D eigenvalue weighted by molar-refractivity contribution is -0.0703. The third-order valence-corrected chi connectivity index (χ3v) is 8.68. The predicted molar refractivity (Wildman–Crippen MR) is 148 cm³/mol. The van der Waals surface area contributed by atoms with Crippen molar-refractivity contribution < 1.29 is 9.53 Å². The summed E-state index contributed by atoms with van der Waals surface area (Å²) >= 11 is 6.36. The molecule has 8 nitrogen and oxygen atoms in total. The first-order valence-electron chi connectivity index (χ1n) is 13.6. The Balaban J connectivity index is 1.26. The molecule has 2 aromatic rings. The van der Waals surface area contributed by atoms with Crippen molar-refractivity contribution in [2.45, 2.75) is 77.5 Å². The van der Waals surface area contributed by atoms with Gasteiger partial charge in [0.15, 0.2) is 0 Å². The zero-order valence-corrected chi connectivity index (χ0v) is 23.3. The highest BCUT2D eigenvalue weighted by atomic mass is 35.5. The molecule has 0 spiro atoms. The summed E-state index contributed by atoms with van der Waals surface area (Å²) in [5, 5.41) is 20.4. The van der Waals surface area contributed by atoms with Crippen LogP contribution in [0.4, 0.5) is 16.6 Å². The zero-order valence-electron chi connectivity index (χ0n) is 22.6. The number of hydrogen-bond acceptors (Lipinski definition) is 7. The Labute approximate surface area is 229 Å². The van der Waals surface area contributed by atoms with E-state index in [0.717, 1.165) is 37.8 Å². The van der Waals surface area contributed by atoms with E-state index in [9.17, 15) is 10.1 Å². The number of anilines is 2. The second-order valence-corrected chi connectivity index (χ2v) is 12.9. The van der Waals surface area contributed by atoms with Crippen LogP contribution in [0.5, 0.6) is 0 Å². The van der Waals surface area contributed by atoms with Crippen LogP contribution in [-0.2, 0) is 4.74 Å². The van der Waals surface area contributed by atoms with Crippen molar-refractivity contribution in [3.63, 3.8) is 0 Å². The molecule has 6 rings (SSSR count). The van der Waals surface area contributed by atoms with Gasteiger partial charge < -0.3 is 20.7 Å². The number of carbonyl (C=O) groups excluding carboxylic acids is 1. The average Bonchev–Trinajstić information content (AvgIpc) is 2.84. The average molecular weight is 537 g/mol. The fraction of sp³-hybridized carbons (Fsp3) is 0.586. The number of halogens is 1. The second-order valence-electron chi connectivity index (χ2n) is 12.5. The van der Waals surface area contributed by atoms with Crippen molar-refractivity contribution in [2.75, 3.05) is 17.2 Å². The number of benzene rings is 1. The maximum atomic E-state index is 12.5. The smallest absolute Gasteiger partial charge is 0.407 e. The zero-order chi connectivity index (χ0) is 27.1. The van der Waals surface area contributed by atoms with Gasteiger partial charge in [-0.1, -0.05) is 29.8 Å². The molecule has 6 atom stereocenters. The van der Waals surface area contributed by atoms with Crippen molar-refractivity contribution >= 4 is 29.5 Å². The molecule has 1 heterocycles. The van der Waals surface area contributed by atoms with Crippen molar-refractivity contribution in [1.29, 1.82) is 5.26 Å². The van der Waals surface area contributed by atoms with Crippen LogP contribution in [0, 0.1) is 34.5 Å². The molecule has 1 amide bonds. The SMILES string of the molecule is CC(Nc1ncc(C#N)c(NCC23CC4C[C@H](C2)C(NC(=O)OC(C)(C)C)[C@@H](C4)C3)n1)c1ccccc1Cl. The Hall–Kier alpha value is -3.05. The van der Waals surface area contributed by atoms with E-state index in [4.69, 9.17) is 16.3 Å². The first-order chi connectivity index (χ1) is 18.0. The van der Waals surface area contributed by atoms with Gasteiger partial charge in [0.25, 0.3) is 0 Å². The summed E-state index contributed by atoms with van der Waals surface area (Å²) in [6.07, 6.45) is 6.84. The summed E-state index contributed by atoms with van der Waals surface area (Å²) in [5.41, 5.74) is 1.02. The van der Waals surface area contributed by atoms with E-state index in [1.165, 1.54) is 6.42 Å². The fourth-order valence-electron chi connectivity index (χ4n) is 7.13. The third-order valence-electron chi connectivity index (χ3n) is 8.34. The van der Waals surface area contributed by atoms with E-state index in [2.05, 4.69) is 32.0 Å². The molecule has 3 N–H and O–H groups in total. The quantitative estimate of drug-likeness (QED) is 0.380. The van der Waals surface area contributed by atoms with Gasteiger partial charge in [0.2, 0.25) is 5.95 Å². The van der Waals surface area contributed by atoms with Crippen LogP contribution in [0.25, 0.3) is 0 Å². The first kappa shape index (κ1) is 26.6. The molecule has 202 valence electrons. The maximum Gasteiger partial charge on any atom is 0.407 e. The summed E-state index contributed by atoms with van der Waals surface area (Å²) in [4.78, 5) is 21.6. The number of carbonyl (C=O) groups is 1. The molecule has 9 heteroatoms. The summed E-state index contributed by atoms with van der Waals surface area (Å²) in [5.74, 6) is 2.58. The number of nitriles is 1. The van der Waals surface area contributed by atoms with E-state index in [1.54, 1.807) is 6.20 Å². The first-order valence-corrected chi connectivity index (χ1v) is 13.9. The highest BCUT2D eigenvalue weighted by Gasteiger charge is 2.55. The topological polar surface area (TPSA) is 112 Å². The molecule has 0 aliphatic heterocycles. The number of nitrogens with one attached hydrogen (secondary N) is 3. The lowest BCUT2D eigenvalue weighted by Gasteiger charge is -2.60. The van der Waals surface area contributed by atoms with Crippen LogP contribution in [-0.4, -0.2) is 34.2 Å². The Morgan fingerprint density at radius 3 is 2.61 bits per heavy atom. The number of aromatic nitrogens is 2. The van der Waals surface area contributed by atoms with Gasteiger partial charge in [0.1, 0.15) is 23.1 Å². The number of rotatable bonds is 7. The van der Waals surface area contributed by atoms with Gasteiger partial charge in [-0.15, -0.1) is 0 Å². The van der Waals surface area contributed by atoms with Gasteiger partial charge in [-0.05, 0) is 94.6 Å². The molecule has 1 aromatic heterocycles. The minimum atomic E-state index is -0.504. The molecule has 4 bridgehead atoms. The number of amides is 1. The number of ether oxygens (including phenoxy) is 1. The molecule has 4 aliphatic carbocycles. The van der Waals surface area contributed by atoms with Crippen LogP contribution in [0.15, 0.2) is 30.5 Å². The van der Waals surface area contributed by atoms with Gasteiger partial charge in [-0.2, -0.15) is 10.2 Å². The lowest BCUT2D eigenvalue weighted by atomic mass is 9.48.